The fourth-order valence-corrected chi connectivity index (χ4v) is 1.17. The number of nitrogen functional groups attached to an aromatic ring is 1. The Labute approximate surface area is 87.4 Å². The summed E-state index contributed by atoms with van der Waals surface area (Å²) in [5.74, 6) is 4.69. The number of anilines is 1. The van der Waals surface area contributed by atoms with Gasteiger partial charge in [-0.2, -0.15) is 5.26 Å². The van der Waals surface area contributed by atoms with E-state index in [1.807, 2.05) is 6.07 Å². The highest BCUT2D eigenvalue weighted by molar-refractivity contribution is 5.94. The Bertz CT molecular complexity index is 410. The number of nitriles is 1. The van der Waals surface area contributed by atoms with E-state index in [0.29, 0.717) is 5.69 Å². The topological polar surface area (TPSA) is 88.1 Å². The van der Waals surface area contributed by atoms with E-state index in [4.69, 9.17) is 15.8 Å². The van der Waals surface area contributed by atoms with Crippen LogP contribution in [0.3, 0.4) is 0 Å². The predicted octanol–water partition coefficient (Wildman–Crippen LogP) is 1.02. The normalized spacial score (nSPS) is 9.13. The average molecular weight is 205 g/mol. The second kappa shape index (κ2) is 4.98. The van der Waals surface area contributed by atoms with Crippen LogP contribution < -0.4 is 11.3 Å². The maximum atomic E-state index is 11.5. The van der Waals surface area contributed by atoms with Crippen LogP contribution in [0.2, 0.25) is 0 Å². The van der Waals surface area contributed by atoms with Gasteiger partial charge in [0.25, 0.3) is 0 Å². The maximum absolute atomic E-state index is 11.5. The third kappa shape index (κ3) is 2.24. The number of carbonyl (C=O) groups excluding carboxylic acids is 1. The minimum absolute atomic E-state index is 0.193. The van der Waals surface area contributed by atoms with Gasteiger partial charge in [0.15, 0.2) is 0 Å². The summed E-state index contributed by atoms with van der Waals surface area (Å²) in [5.41, 5.74) is 3.17. The molecule has 5 nitrogen and oxygen atoms in total. The molecule has 0 spiro atoms. The zero-order valence-electron chi connectivity index (χ0n) is 8.28. The number of nitrogens with zero attached hydrogens (tertiary/aromatic N) is 1. The SMILES string of the molecule is CCOC(=O)c1cccc(NN)c1C#N. The molecule has 0 aromatic heterocycles. The summed E-state index contributed by atoms with van der Waals surface area (Å²) in [6, 6.07) is 6.68. The van der Waals surface area contributed by atoms with Gasteiger partial charge in [-0.25, -0.2) is 4.79 Å². The maximum Gasteiger partial charge on any atom is 0.339 e. The summed E-state index contributed by atoms with van der Waals surface area (Å²) < 4.78 is 4.81. The number of ether oxygens (including phenoxy) is 1. The molecule has 78 valence electrons. The van der Waals surface area contributed by atoms with Crippen molar-refractivity contribution >= 4 is 11.7 Å². The zero-order valence-corrected chi connectivity index (χ0v) is 8.28. The first kappa shape index (κ1) is 11.0. The number of nitrogens with one attached hydrogen (secondary N) is 1. The van der Waals surface area contributed by atoms with Crippen molar-refractivity contribution in [2.75, 3.05) is 12.0 Å². The molecule has 3 N–H and O–H groups in total. The van der Waals surface area contributed by atoms with Gasteiger partial charge >= 0.3 is 5.97 Å². The summed E-state index contributed by atoms with van der Waals surface area (Å²) >= 11 is 0. The molecule has 0 heterocycles. The summed E-state index contributed by atoms with van der Waals surface area (Å²) in [4.78, 5) is 11.5. The van der Waals surface area contributed by atoms with Crippen molar-refractivity contribution in [1.82, 2.24) is 0 Å². The molecular weight excluding hydrogens is 194 g/mol. The molecule has 0 unspecified atom stereocenters. The summed E-state index contributed by atoms with van der Waals surface area (Å²) in [6.07, 6.45) is 0. The van der Waals surface area contributed by atoms with Gasteiger partial charge in [0, 0.05) is 0 Å². The molecule has 1 aromatic carbocycles. The zero-order chi connectivity index (χ0) is 11.3. The molecule has 15 heavy (non-hydrogen) atoms. The molecule has 0 fully saturated rings. The minimum atomic E-state index is -0.522. The number of benzene rings is 1. The lowest BCUT2D eigenvalue weighted by Crippen LogP contribution is -2.12. The number of carbonyl (C=O) groups is 1. The van der Waals surface area contributed by atoms with Gasteiger partial charge in [0.05, 0.1) is 23.4 Å². The highest BCUT2D eigenvalue weighted by atomic mass is 16.5. The van der Waals surface area contributed by atoms with Gasteiger partial charge in [0.2, 0.25) is 0 Å². The number of esters is 1. The molecule has 1 aromatic rings. The molecule has 0 atom stereocenters. The second-order valence-electron chi connectivity index (χ2n) is 2.70. The van der Waals surface area contributed by atoms with Crippen LogP contribution in [0.25, 0.3) is 0 Å². The van der Waals surface area contributed by atoms with Crippen LogP contribution in [0, 0.1) is 11.3 Å². The van der Waals surface area contributed by atoms with Crippen molar-refractivity contribution in [2.24, 2.45) is 5.84 Å². The van der Waals surface area contributed by atoms with Crippen molar-refractivity contribution in [1.29, 1.82) is 5.26 Å². The molecule has 0 amide bonds. The van der Waals surface area contributed by atoms with E-state index in [-0.39, 0.29) is 17.7 Å². The molecule has 0 radical (unpaired) electrons. The van der Waals surface area contributed by atoms with Crippen molar-refractivity contribution in [3.8, 4) is 6.07 Å². The van der Waals surface area contributed by atoms with Crippen molar-refractivity contribution in [2.45, 2.75) is 6.92 Å². The molecule has 0 aliphatic carbocycles. The first-order valence-corrected chi connectivity index (χ1v) is 4.41. The molecule has 0 saturated carbocycles. The van der Waals surface area contributed by atoms with Crippen LogP contribution in [-0.4, -0.2) is 12.6 Å². The third-order valence-electron chi connectivity index (χ3n) is 1.83. The Balaban J connectivity index is 3.18. The molecule has 0 aliphatic rings. The Kier molecular flexibility index (Phi) is 3.66. The summed E-state index contributed by atoms with van der Waals surface area (Å²) in [6.45, 7) is 1.97. The van der Waals surface area contributed by atoms with E-state index < -0.39 is 5.97 Å². The largest absolute Gasteiger partial charge is 0.462 e. The lowest BCUT2D eigenvalue weighted by atomic mass is 10.1. The van der Waals surface area contributed by atoms with E-state index in [0.717, 1.165) is 0 Å². The predicted molar refractivity (Wildman–Crippen MR) is 54.9 cm³/mol. The number of rotatable bonds is 3. The van der Waals surface area contributed by atoms with Crippen LogP contribution in [0.1, 0.15) is 22.8 Å². The summed E-state index contributed by atoms with van der Waals surface area (Å²) in [5, 5.41) is 8.89. The van der Waals surface area contributed by atoms with E-state index in [1.165, 1.54) is 6.07 Å². The van der Waals surface area contributed by atoms with E-state index in [9.17, 15) is 4.79 Å². The van der Waals surface area contributed by atoms with Gasteiger partial charge in [-0.15, -0.1) is 0 Å². The fourth-order valence-electron chi connectivity index (χ4n) is 1.17. The number of hydrogen-bond donors (Lipinski definition) is 2. The van der Waals surface area contributed by atoms with Crippen LogP contribution in [-0.2, 0) is 4.74 Å². The van der Waals surface area contributed by atoms with Crippen molar-refractivity contribution in [3.05, 3.63) is 29.3 Å². The van der Waals surface area contributed by atoms with Gasteiger partial charge in [0.1, 0.15) is 6.07 Å². The lowest BCUT2D eigenvalue weighted by Gasteiger charge is -2.07. The lowest BCUT2D eigenvalue weighted by molar-refractivity contribution is 0.0526. The van der Waals surface area contributed by atoms with Crippen LogP contribution in [0.5, 0.6) is 0 Å². The van der Waals surface area contributed by atoms with Gasteiger partial charge in [-0.05, 0) is 19.1 Å². The third-order valence-corrected chi connectivity index (χ3v) is 1.83. The first-order chi connectivity index (χ1) is 7.24. The molecular formula is C10H11N3O2. The van der Waals surface area contributed by atoms with E-state index in [2.05, 4.69) is 5.43 Å². The Morgan fingerprint density at radius 3 is 2.93 bits per heavy atom. The standard InChI is InChI=1S/C10H11N3O2/c1-2-15-10(14)7-4-3-5-9(13-12)8(7)6-11/h3-5,13H,2,12H2,1H3. The minimum Gasteiger partial charge on any atom is -0.462 e. The second-order valence-corrected chi connectivity index (χ2v) is 2.70. The van der Waals surface area contributed by atoms with Crippen molar-refractivity contribution in [3.63, 3.8) is 0 Å². The molecule has 5 heteroatoms. The quantitative estimate of drug-likeness (QED) is 0.437. The van der Waals surface area contributed by atoms with Crippen LogP contribution in [0.4, 0.5) is 5.69 Å². The molecule has 0 bridgehead atoms. The van der Waals surface area contributed by atoms with E-state index >= 15 is 0 Å². The first-order valence-electron chi connectivity index (χ1n) is 4.41. The Morgan fingerprint density at radius 1 is 1.67 bits per heavy atom. The number of nitrogens with two attached hydrogens (primary N) is 1. The van der Waals surface area contributed by atoms with Gasteiger partial charge in [-0.1, -0.05) is 6.07 Å². The number of hydrogen-bond acceptors (Lipinski definition) is 5. The van der Waals surface area contributed by atoms with Gasteiger partial charge < -0.3 is 10.2 Å². The van der Waals surface area contributed by atoms with Gasteiger partial charge in [-0.3, -0.25) is 5.84 Å². The Morgan fingerprint density at radius 2 is 2.40 bits per heavy atom. The van der Waals surface area contributed by atoms with Crippen molar-refractivity contribution < 1.29 is 9.53 Å². The highest BCUT2D eigenvalue weighted by Gasteiger charge is 2.14. The molecule has 0 saturated heterocycles. The molecule has 0 aliphatic heterocycles. The van der Waals surface area contributed by atoms with Crippen LogP contribution >= 0.6 is 0 Å². The van der Waals surface area contributed by atoms with Crippen LogP contribution in [0.15, 0.2) is 18.2 Å². The summed E-state index contributed by atoms with van der Waals surface area (Å²) in [7, 11) is 0. The molecule has 1 rings (SSSR count). The smallest absolute Gasteiger partial charge is 0.339 e. The monoisotopic (exact) mass is 205 g/mol. The fraction of sp³-hybridized carbons (Fsp3) is 0.200. The van der Waals surface area contributed by atoms with E-state index in [1.54, 1.807) is 19.1 Å². The highest BCUT2D eigenvalue weighted by Crippen LogP contribution is 2.18. The average Bonchev–Trinajstić information content (AvgIpc) is 2.28. The Hall–Kier alpha value is -2.06. The number of hydrazine groups is 1.